The number of nitrogens with one attached hydrogen (secondary N) is 2. The molecule has 14 heteroatoms. The van der Waals surface area contributed by atoms with E-state index < -0.39 is 17.3 Å². The molecule has 0 aromatic carbocycles. The van der Waals surface area contributed by atoms with Crippen LogP contribution in [0.2, 0.25) is 5.02 Å². The zero-order chi connectivity index (χ0) is 23.1. The Morgan fingerprint density at radius 3 is 2.50 bits per heavy atom. The largest absolute Gasteiger partial charge is 0.419 e. The van der Waals surface area contributed by atoms with E-state index in [0.29, 0.717) is 45.0 Å². The quantitative estimate of drug-likeness (QED) is 0.550. The van der Waals surface area contributed by atoms with Gasteiger partial charge in [-0.3, -0.25) is 9.59 Å². The van der Waals surface area contributed by atoms with Crippen molar-refractivity contribution in [3.8, 4) is 0 Å². The van der Waals surface area contributed by atoms with E-state index in [4.69, 9.17) is 16.3 Å². The first-order valence-corrected chi connectivity index (χ1v) is 10.1. The lowest BCUT2D eigenvalue weighted by Gasteiger charge is -2.34. The highest BCUT2D eigenvalue weighted by atomic mass is 35.5. The van der Waals surface area contributed by atoms with Crippen LogP contribution in [0.15, 0.2) is 23.4 Å². The lowest BCUT2D eigenvalue weighted by molar-refractivity contribution is -0.138. The third-order valence-electron chi connectivity index (χ3n) is 4.70. The summed E-state index contributed by atoms with van der Waals surface area (Å²) in [6, 6.07) is 0. The molecule has 32 heavy (non-hydrogen) atoms. The van der Waals surface area contributed by atoms with Gasteiger partial charge in [-0.25, -0.2) is 15.1 Å². The van der Waals surface area contributed by atoms with Crippen LogP contribution >= 0.6 is 11.6 Å². The van der Waals surface area contributed by atoms with Gasteiger partial charge in [0.25, 0.3) is 5.56 Å². The van der Waals surface area contributed by atoms with Gasteiger partial charge in [0.2, 0.25) is 11.9 Å². The molecule has 0 unspecified atom stereocenters. The highest BCUT2D eigenvalue weighted by Gasteiger charge is 2.32. The van der Waals surface area contributed by atoms with Gasteiger partial charge in [0.15, 0.2) is 0 Å². The maximum absolute atomic E-state index is 12.6. The number of carbonyl (C=O) groups is 1. The van der Waals surface area contributed by atoms with E-state index in [1.165, 1.54) is 6.20 Å². The SMILES string of the molecule is O=C(CCOCCNc1cn[nH]c(=O)c1Cl)N1CCN(c2ncc(C(F)(F)F)cn2)CC1. The number of hydrogen-bond acceptors (Lipinski definition) is 8. The van der Waals surface area contributed by atoms with Gasteiger partial charge in [-0.2, -0.15) is 18.3 Å². The Morgan fingerprint density at radius 2 is 1.84 bits per heavy atom. The Balaban J connectivity index is 1.33. The Labute approximate surface area is 185 Å². The van der Waals surface area contributed by atoms with Gasteiger partial charge >= 0.3 is 6.18 Å². The number of halogens is 4. The Morgan fingerprint density at radius 1 is 1.16 bits per heavy atom. The summed E-state index contributed by atoms with van der Waals surface area (Å²) in [6.45, 7) is 2.59. The number of carbonyl (C=O) groups excluding carboxylic acids is 1. The molecule has 1 saturated heterocycles. The fourth-order valence-corrected chi connectivity index (χ4v) is 3.13. The molecule has 174 valence electrons. The number of anilines is 2. The van der Waals surface area contributed by atoms with Crippen molar-refractivity contribution in [3.63, 3.8) is 0 Å². The highest BCUT2D eigenvalue weighted by molar-refractivity contribution is 6.32. The van der Waals surface area contributed by atoms with Crippen LogP contribution in [0.3, 0.4) is 0 Å². The second-order valence-electron chi connectivity index (χ2n) is 6.85. The zero-order valence-electron chi connectivity index (χ0n) is 16.9. The summed E-state index contributed by atoms with van der Waals surface area (Å²) in [6.07, 6.45) is -1.38. The van der Waals surface area contributed by atoms with Crippen LogP contribution in [0, 0.1) is 0 Å². The molecule has 0 radical (unpaired) electrons. The normalized spacial score (nSPS) is 14.5. The maximum Gasteiger partial charge on any atom is 0.419 e. The van der Waals surface area contributed by atoms with Crippen LogP contribution in [-0.4, -0.2) is 76.9 Å². The average molecular weight is 476 g/mol. The van der Waals surface area contributed by atoms with Gasteiger partial charge in [-0.15, -0.1) is 0 Å². The number of aromatic amines is 1. The Hall–Kier alpha value is -2.93. The van der Waals surface area contributed by atoms with Gasteiger partial charge in [0.1, 0.15) is 5.02 Å². The highest BCUT2D eigenvalue weighted by Crippen LogP contribution is 2.28. The van der Waals surface area contributed by atoms with Crippen molar-refractivity contribution in [3.05, 3.63) is 39.5 Å². The zero-order valence-corrected chi connectivity index (χ0v) is 17.6. The summed E-state index contributed by atoms with van der Waals surface area (Å²) in [5, 5.41) is 8.79. The number of H-pyrrole nitrogens is 1. The van der Waals surface area contributed by atoms with Gasteiger partial charge in [-0.05, 0) is 0 Å². The van der Waals surface area contributed by atoms with Crippen molar-refractivity contribution in [2.75, 3.05) is 56.2 Å². The minimum atomic E-state index is -4.48. The predicted molar refractivity (Wildman–Crippen MR) is 110 cm³/mol. The Bertz CT molecular complexity index is 964. The number of nitrogens with zero attached hydrogens (tertiary/aromatic N) is 5. The third-order valence-corrected chi connectivity index (χ3v) is 5.07. The molecular weight excluding hydrogens is 455 g/mol. The van der Waals surface area contributed by atoms with Crippen LogP contribution in [-0.2, 0) is 15.7 Å². The topological polar surface area (TPSA) is 116 Å². The molecule has 2 aromatic rings. The monoisotopic (exact) mass is 475 g/mol. The molecule has 0 bridgehead atoms. The molecule has 1 amide bonds. The van der Waals surface area contributed by atoms with Crippen molar-refractivity contribution in [1.82, 2.24) is 25.1 Å². The standard InChI is InChI=1S/C18H21ClF3N7O3/c19-15-13(11-26-27-16(15)31)23-2-8-32-7-1-14(30)28-3-5-29(6-4-28)17-24-9-12(10-25-17)18(20,21)22/h9-11H,1-8H2,(H2,23,27,31). The van der Waals surface area contributed by atoms with E-state index in [1.807, 2.05) is 0 Å². The Kier molecular flexibility index (Phi) is 7.85. The first-order chi connectivity index (χ1) is 15.3. The lowest BCUT2D eigenvalue weighted by Crippen LogP contribution is -2.49. The van der Waals surface area contributed by atoms with E-state index >= 15 is 0 Å². The number of rotatable bonds is 8. The molecule has 3 rings (SSSR count). The molecule has 0 aliphatic carbocycles. The van der Waals surface area contributed by atoms with Gasteiger partial charge in [0, 0.05) is 45.1 Å². The fourth-order valence-electron chi connectivity index (χ4n) is 2.97. The maximum atomic E-state index is 12.6. The molecule has 3 heterocycles. The smallest absolute Gasteiger partial charge is 0.380 e. The minimum Gasteiger partial charge on any atom is -0.380 e. The van der Waals surface area contributed by atoms with E-state index in [0.717, 1.165) is 12.4 Å². The summed E-state index contributed by atoms with van der Waals surface area (Å²) < 4.78 is 43.3. The number of amides is 1. The van der Waals surface area contributed by atoms with Crippen molar-refractivity contribution < 1.29 is 22.7 Å². The summed E-state index contributed by atoms with van der Waals surface area (Å²) in [5.74, 6) is 0.129. The van der Waals surface area contributed by atoms with Crippen LogP contribution in [0.1, 0.15) is 12.0 Å². The minimum absolute atomic E-state index is 0.0102. The van der Waals surface area contributed by atoms with Gasteiger partial charge in [0.05, 0.1) is 37.1 Å². The van der Waals surface area contributed by atoms with Crippen LogP contribution in [0.25, 0.3) is 0 Å². The lowest BCUT2D eigenvalue weighted by atomic mass is 10.3. The second kappa shape index (κ2) is 10.6. The van der Waals surface area contributed by atoms with E-state index in [1.54, 1.807) is 9.80 Å². The number of alkyl halides is 3. The van der Waals surface area contributed by atoms with Crippen molar-refractivity contribution in [1.29, 1.82) is 0 Å². The molecule has 2 aromatic heterocycles. The number of hydrogen-bond donors (Lipinski definition) is 2. The number of piperazine rings is 1. The first-order valence-electron chi connectivity index (χ1n) is 9.72. The summed E-state index contributed by atoms with van der Waals surface area (Å²) in [4.78, 5) is 34.6. The van der Waals surface area contributed by atoms with E-state index in [-0.39, 0.29) is 29.9 Å². The molecule has 1 aliphatic heterocycles. The fraction of sp³-hybridized carbons (Fsp3) is 0.500. The average Bonchev–Trinajstić information content (AvgIpc) is 2.78. The van der Waals surface area contributed by atoms with Crippen LogP contribution in [0.5, 0.6) is 0 Å². The van der Waals surface area contributed by atoms with Crippen molar-refractivity contribution in [2.45, 2.75) is 12.6 Å². The van der Waals surface area contributed by atoms with E-state index in [2.05, 4.69) is 25.5 Å². The van der Waals surface area contributed by atoms with E-state index in [9.17, 15) is 22.8 Å². The molecule has 1 fully saturated rings. The molecule has 10 nitrogen and oxygen atoms in total. The van der Waals surface area contributed by atoms with Crippen LogP contribution in [0.4, 0.5) is 24.8 Å². The molecule has 0 spiro atoms. The van der Waals surface area contributed by atoms with Gasteiger partial charge < -0.3 is 19.9 Å². The first kappa shape index (κ1) is 23.7. The van der Waals surface area contributed by atoms with Crippen molar-refractivity contribution in [2.24, 2.45) is 0 Å². The summed E-state index contributed by atoms with van der Waals surface area (Å²) >= 11 is 5.84. The molecule has 1 aliphatic rings. The van der Waals surface area contributed by atoms with Gasteiger partial charge in [-0.1, -0.05) is 11.6 Å². The number of ether oxygens (including phenoxy) is 1. The molecule has 0 saturated carbocycles. The van der Waals surface area contributed by atoms with Crippen LogP contribution < -0.4 is 15.8 Å². The molecular formula is C18H21ClF3N7O3. The molecule has 2 N–H and O–H groups in total. The molecule has 0 atom stereocenters. The third kappa shape index (κ3) is 6.29. The summed E-state index contributed by atoms with van der Waals surface area (Å²) in [5.41, 5.74) is -0.999. The summed E-state index contributed by atoms with van der Waals surface area (Å²) in [7, 11) is 0. The van der Waals surface area contributed by atoms with Crippen molar-refractivity contribution >= 4 is 29.1 Å². The predicted octanol–water partition coefficient (Wildman–Crippen LogP) is 1.40. The number of aromatic nitrogens is 4. The second-order valence-corrected chi connectivity index (χ2v) is 7.23.